The van der Waals surface area contributed by atoms with Crippen LogP contribution in [0.25, 0.3) is 0 Å². The summed E-state index contributed by atoms with van der Waals surface area (Å²) in [4.78, 5) is 13.9. The Bertz CT molecular complexity index is 523. The summed E-state index contributed by atoms with van der Waals surface area (Å²) in [6, 6.07) is 1.60. The van der Waals surface area contributed by atoms with Crippen molar-refractivity contribution in [2.45, 2.75) is 0 Å². The van der Waals surface area contributed by atoms with Crippen LogP contribution in [0, 0.1) is 11.3 Å². The molecule has 0 amide bonds. The molecule has 0 aliphatic rings. The molecule has 0 saturated carbocycles. The molecule has 80 valence electrons. The van der Waals surface area contributed by atoms with Gasteiger partial charge in [-0.3, -0.25) is 4.79 Å². The maximum absolute atomic E-state index is 11.6. The molecule has 0 saturated heterocycles. The summed E-state index contributed by atoms with van der Waals surface area (Å²) >= 11 is 0. The van der Waals surface area contributed by atoms with Gasteiger partial charge in [0.15, 0.2) is 6.29 Å². The number of hydrogen-bond acceptors (Lipinski definition) is 5. The van der Waals surface area contributed by atoms with E-state index >= 15 is 0 Å². The average Bonchev–Trinajstić information content (AvgIpc) is 2.60. The molecule has 0 aromatic carbocycles. The summed E-state index contributed by atoms with van der Waals surface area (Å²) in [6.45, 7) is 0. The van der Waals surface area contributed by atoms with E-state index in [2.05, 4.69) is 4.98 Å². The third-order valence-corrected chi connectivity index (χ3v) is 3.32. The molecular formula is C7H8N4O3S. The molecule has 1 aromatic heterocycles. The monoisotopic (exact) mass is 228 g/mol. The average molecular weight is 228 g/mol. The van der Waals surface area contributed by atoms with Crippen molar-refractivity contribution in [3.8, 4) is 6.07 Å². The first-order valence-electron chi connectivity index (χ1n) is 3.81. The largest absolute Gasteiger partial charge is 0.309 e. The van der Waals surface area contributed by atoms with E-state index in [4.69, 9.17) is 5.26 Å². The van der Waals surface area contributed by atoms with Crippen LogP contribution in [-0.2, 0) is 10.2 Å². The van der Waals surface area contributed by atoms with Crippen LogP contribution in [-0.4, -0.2) is 42.1 Å². The number of nitrogens with zero attached hydrogens (tertiary/aromatic N) is 4. The SMILES string of the molecule is CN(C)S(=O)(=O)n1cc(C=O)nc1C#N. The van der Waals surface area contributed by atoms with Crippen molar-refractivity contribution in [2.24, 2.45) is 0 Å². The molecule has 0 bridgehead atoms. The molecule has 0 fully saturated rings. The summed E-state index contributed by atoms with van der Waals surface area (Å²) < 4.78 is 24.8. The lowest BCUT2D eigenvalue weighted by Crippen LogP contribution is -2.29. The van der Waals surface area contributed by atoms with E-state index in [0.717, 1.165) is 10.5 Å². The van der Waals surface area contributed by atoms with Gasteiger partial charge < -0.3 is 0 Å². The van der Waals surface area contributed by atoms with Gasteiger partial charge in [0.1, 0.15) is 11.8 Å². The van der Waals surface area contributed by atoms with Crippen LogP contribution < -0.4 is 0 Å². The highest BCUT2D eigenvalue weighted by atomic mass is 32.2. The molecule has 0 spiro atoms. The molecule has 0 N–H and O–H groups in total. The van der Waals surface area contributed by atoms with Gasteiger partial charge in [-0.25, -0.2) is 8.96 Å². The van der Waals surface area contributed by atoms with E-state index in [-0.39, 0.29) is 11.5 Å². The van der Waals surface area contributed by atoms with Crippen LogP contribution >= 0.6 is 0 Å². The van der Waals surface area contributed by atoms with Crippen LogP contribution in [0.2, 0.25) is 0 Å². The third-order valence-electron chi connectivity index (χ3n) is 1.62. The maximum Gasteiger partial charge on any atom is 0.309 e. The topological polar surface area (TPSA) is 96.1 Å². The second kappa shape index (κ2) is 3.80. The molecule has 1 aromatic rings. The van der Waals surface area contributed by atoms with Gasteiger partial charge in [0.2, 0.25) is 5.82 Å². The highest BCUT2D eigenvalue weighted by Crippen LogP contribution is 2.07. The molecule has 0 aliphatic carbocycles. The normalized spacial score (nSPS) is 11.3. The van der Waals surface area contributed by atoms with Crippen LogP contribution in [0.15, 0.2) is 6.20 Å². The van der Waals surface area contributed by atoms with Crippen molar-refractivity contribution in [3.05, 3.63) is 17.7 Å². The summed E-state index contributed by atoms with van der Waals surface area (Å²) in [5.41, 5.74) is -0.100. The van der Waals surface area contributed by atoms with E-state index in [1.165, 1.54) is 14.1 Å². The summed E-state index contributed by atoms with van der Waals surface area (Å²) in [5.74, 6) is -0.342. The number of hydrogen-bond donors (Lipinski definition) is 0. The Kier molecular flexibility index (Phi) is 2.88. The molecule has 0 radical (unpaired) electrons. The van der Waals surface area contributed by atoms with Crippen LogP contribution in [0.3, 0.4) is 0 Å². The van der Waals surface area contributed by atoms with E-state index in [1.54, 1.807) is 6.07 Å². The molecule has 7 nitrogen and oxygen atoms in total. The lowest BCUT2D eigenvalue weighted by molar-refractivity contribution is 0.111. The molecule has 8 heteroatoms. The number of imidazole rings is 1. The van der Waals surface area contributed by atoms with Gasteiger partial charge in [-0.05, 0) is 0 Å². The molecule has 1 heterocycles. The van der Waals surface area contributed by atoms with Crippen molar-refractivity contribution in [1.82, 2.24) is 13.3 Å². The first-order valence-corrected chi connectivity index (χ1v) is 5.21. The van der Waals surface area contributed by atoms with Crippen molar-refractivity contribution in [1.29, 1.82) is 5.26 Å². The Morgan fingerprint density at radius 2 is 2.20 bits per heavy atom. The summed E-state index contributed by atoms with van der Waals surface area (Å²) in [5, 5.41) is 8.64. The molecule has 0 unspecified atom stereocenters. The Balaban J connectivity index is 3.45. The quantitative estimate of drug-likeness (QED) is 0.632. The van der Waals surface area contributed by atoms with Gasteiger partial charge in [-0.1, -0.05) is 0 Å². The Hall–Kier alpha value is -1.72. The second-order valence-corrected chi connectivity index (χ2v) is 4.82. The number of aldehydes is 1. The maximum atomic E-state index is 11.6. The van der Waals surface area contributed by atoms with Gasteiger partial charge in [-0.2, -0.15) is 18.0 Å². The molecular weight excluding hydrogens is 220 g/mol. The van der Waals surface area contributed by atoms with Crippen molar-refractivity contribution in [2.75, 3.05) is 14.1 Å². The van der Waals surface area contributed by atoms with Crippen molar-refractivity contribution < 1.29 is 13.2 Å². The van der Waals surface area contributed by atoms with Gasteiger partial charge in [0.05, 0.1) is 6.20 Å². The van der Waals surface area contributed by atoms with Gasteiger partial charge in [0.25, 0.3) is 0 Å². The van der Waals surface area contributed by atoms with E-state index in [1.807, 2.05) is 0 Å². The van der Waals surface area contributed by atoms with Crippen LogP contribution in [0.4, 0.5) is 0 Å². The number of nitriles is 1. The first-order chi connectivity index (χ1) is 6.93. The fourth-order valence-corrected chi connectivity index (χ4v) is 1.76. The fraction of sp³-hybridized carbons (Fsp3) is 0.286. The smallest absolute Gasteiger partial charge is 0.296 e. The number of carbonyl (C=O) groups excluding carboxylic acids is 1. The Morgan fingerprint density at radius 3 is 2.60 bits per heavy atom. The molecule has 0 aliphatic heterocycles. The number of carbonyl (C=O) groups is 1. The van der Waals surface area contributed by atoms with Crippen LogP contribution in [0.5, 0.6) is 0 Å². The fourth-order valence-electron chi connectivity index (χ4n) is 0.865. The first kappa shape index (κ1) is 11.4. The zero-order chi connectivity index (χ0) is 11.6. The minimum absolute atomic E-state index is 0.100. The van der Waals surface area contributed by atoms with Gasteiger partial charge >= 0.3 is 10.2 Å². The number of rotatable bonds is 3. The van der Waals surface area contributed by atoms with E-state index in [9.17, 15) is 13.2 Å². The third kappa shape index (κ3) is 1.88. The van der Waals surface area contributed by atoms with Crippen molar-refractivity contribution in [3.63, 3.8) is 0 Å². The number of aromatic nitrogens is 2. The minimum Gasteiger partial charge on any atom is -0.296 e. The molecule has 1 rings (SSSR count). The molecule has 15 heavy (non-hydrogen) atoms. The highest BCUT2D eigenvalue weighted by molar-refractivity contribution is 7.87. The van der Waals surface area contributed by atoms with Gasteiger partial charge in [-0.15, -0.1) is 0 Å². The Labute approximate surface area is 86.7 Å². The zero-order valence-corrected chi connectivity index (χ0v) is 8.89. The molecule has 0 atom stereocenters. The predicted molar refractivity (Wildman–Crippen MR) is 50.3 cm³/mol. The lowest BCUT2D eigenvalue weighted by Gasteiger charge is -2.11. The summed E-state index contributed by atoms with van der Waals surface area (Å²) in [7, 11) is -1.17. The Morgan fingerprint density at radius 1 is 1.60 bits per heavy atom. The summed E-state index contributed by atoms with van der Waals surface area (Å²) in [6.07, 6.45) is 1.38. The van der Waals surface area contributed by atoms with E-state index in [0.29, 0.717) is 10.3 Å². The van der Waals surface area contributed by atoms with E-state index < -0.39 is 10.2 Å². The van der Waals surface area contributed by atoms with Crippen LogP contribution in [0.1, 0.15) is 16.3 Å². The predicted octanol–water partition coefficient (Wildman–Crippen LogP) is -0.778. The minimum atomic E-state index is -3.80. The second-order valence-electron chi connectivity index (χ2n) is 2.81. The van der Waals surface area contributed by atoms with Crippen molar-refractivity contribution >= 4 is 16.5 Å². The standard InChI is InChI=1S/C7H8N4O3S/c1-10(2)15(13,14)11-4-6(5-12)9-7(11)3-8/h4-5H,1-2H3. The lowest BCUT2D eigenvalue weighted by atomic mass is 10.5. The highest BCUT2D eigenvalue weighted by Gasteiger charge is 2.21. The van der Waals surface area contributed by atoms with Gasteiger partial charge in [0, 0.05) is 14.1 Å². The zero-order valence-electron chi connectivity index (χ0n) is 8.08.